The summed E-state index contributed by atoms with van der Waals surface area (Å²) in [5, 5.41) is 0. The highest BCUT2D eigenvalue weighted by molar-refractivity contribution is 5.83. The first-order valence-corrected chi connectivity index (χ1v) is 7.04. The number of rotatable bonds is 2. The zero-order valence-electron chi connectivity index (χ0n) is 11.5. The largest absolute Gasteiger partial charge is 0.399 e. The quantitative estimate of drug-likeness (QED) is 0.716. The number of aryl methyl sites for hydroxylation is 1. The van der Waals surface area contributed by atoms with E-state index in [1.54, 1.807) is 0 Å². The number of benzene rings is 2. The first kappa shape index (κ1) is 11.5. The number of nitrogens with two attached hydrogens (primary N) is 1. The molecule has 4 rings (SSSR count). The van der Waals surface area contributed by atoms with E-state index in [2.05, 4.69) is 41.9 Å². The molecule has 0 saturated heterocycles. The lowest BCUT2D eigenvalue weighted by molar-refractivity contribution is 0.820. The van der Waals surface area contributed by atoms with Gasteiger partial charge in [-0.25, -0.2) is 4.98 Å². The van der Waals surface area contributed by atoms with Crippen LogP contribution in [-0.2, 0) is 7.05 Å². The highest BCUT2D eigenvalue weighted by atomic mass is 15.1. The first-order chi connectivity index (χ1) is 9.72. The van der Waals surface area contributed by atoms with Crippen LogP contribution >= 0.6 is 0 Å². The van der Waals surface area contributed by atoms with E-state index in [1.165, 1.54) is 35.3 Å². The molecule has 0 spiro atoms. The molecule has 100 valence electrons. The Balaban J connectivity index is 1.84. The van der Waals surface area contributed by atoms with Gasteiger partial charge in [-0.05, 0) is 48.2 Å². The van der Waals surface area contributed by atoms with Gasteiger partial charge in [0.05, 0.1) is 11.0 Å². The highest BCUT2D eigenvalue weighted by Crippen LogP contribution is 2.40. The molecular weight excluding hydrogens is 246 g/mol. The van der Waals surface area contributed by atoms with Gasteiger partial charge in [-0.15, -0.1) is 0 Å². The Kier molecular flexibility index (Phi) is 2.36. The van der Waals surface area contributed by atoms with Crippen molar-refractivity contribution in [3.05, 3.63) is 48.3 Å². The van der Waals surface area contributed by atoms with Crippen LogP contribution in [0.2, 0.25) is 0 Å². The minimum absolute atomic E-state index is 0.673. The number of nitrogen functional groups attached to an aromatic ring is 1. The maximum atomic E-state index is 5.74. The Morgan fingerprint density at radius 1 is 1.05 bits per heavy atom. The summed E-state index contributed by atoms with van der Waals surface area (Å²) in [6, 6.07) is 14.5. The summed E-state index contributed by atoms with van der Waals surface area (Å²) in [7, 11) is 2.12. The van der Waals surface area contributed by atoms with Crippen molar-refractivity contribution in [1.82, 2.24) is 9.55 Å². The van der Waals surface area contributed by atoms with Crippen molar-refractivity contribution in [3.8, 4) is 11.1 Å². The van der Waals surface area contributed by atoms with Crippen LogP contribution in [0.15, 0.2) is 42.5 Å². The first-order valence-electron chi connectivity index (χ1n) is 7.04. The van der Waals surface area contributed by atoms with Crippen LogP contribution < -0.4 is 5.73 Å². The zero-order chi connectivity index (χ0) is 13.7. The van der Waals surface area contributed by atoms with Crippen molar-refractivity contribution >= 4 is 16.7 Å². The lowest BCUT2D eigenvalue weighted by Crippen LogP contribution is -1.94. The third-order valence-electron chi connectivity index (χ3n) is 4.10. The molecule has 0 bridgehead atoms. The van der Waals surface area contributed by atoms with Gasteiger partial charge in [-0.3, -0.25) is 0 Å². The van der Waals surface area contributed by atoms with E-state index < -0.39 is 0 Å². The molecule has 0 amide bonds. The number of aromatic nitrogens is 2. The molecule has 3 heteroatoms. The molecule has 0 aliphatic heterocycles. The van der Waals surface area contributed by atoms with Crippen LogP contribution in [0, 0.1) is 0 Å². The second-order valence-corrected chi connectivity index (χ2v) is 5.63. The van der Waals surface area contributed by atoms with Crippen molar-refractivity contribution in [3.63, 3.8) is 0 Å². The average molecular weight is 263 g/mol. The SMILES string of the molecule is Cn1c(C2CC2)nc2cc(-c3ccc(N)cc3)ccc21. The molecular formula is C17H17N3. The summed E-state index contributed by atoms with van der Waals surface area (Å²) < 4.78 is 2.24. The summed E-state index contributed by atoms with van der Waals surface area (Å²) >= 11 is 0. The van der Waals surface area contributed by atoms with Gasteiger partial charge in [-0.2, -0.15) is 0 Å². The number of nitrogens with zero attached hydrogens (tertiary/aromatic N) is 2. The van der Waals surface area contributed by atoms with Gasteiger partial charge in [0.25, 0.3) is 0 Å². The van der Waals surface area contributed by atoms with Crippen molar-refractivity contribution < 1.29 is 0 Å². The average Bonchev–Trinajstić information content (AvgIpc) is 3.25. The van der Waals surface area contributed by atoms with E-state index in [1.807, 2.05) is 12.1 Å². The van der Waals surface area contributed by atoms with Gasteiger partial charge in [0.15, 0.2) is 0 Å². The number of hydrogen-bond acceptors (Lipinski definition) is 2. The number of imidazole rings is 1. The monoisotopic (exact) mass is 263 g/mol. The number of hydrogen-bond donors (Lipinski definition) is 1. The number of fused-ring (bicyclic) bond motifs is 1. The maximum absolute atomic E-state index is 5.74. The molecule has 1 aliphatic carbocycles. The van der Waals surface area contributed by atoms with Crippen LogP contribution in [0.1, 0.15) is 24.6 Å². The molecule has 0 radical (unpaired) electrons. The van der Waals surface area contributed by atoms with E-state index in [-0.39, 0.29) is 0 Å². The summed E-state index contributed by atoms with van der Waals surface area (Å²) in [6.45, 7) is 0. The normalized spacial score (nSPS) is 14.8. The molecule has 1 aromatic heterocycles. The minimum atomic E-state index is 0.673. The van der Waals surface area contributed by atoms with Crippen LogP contribution in [0.25, 0.3) is 22.2 Å². The Labute approximate surface area is 118 Å². The second-order valence-electron chi connectivity index (χ2n) is 5.63. The summed E-state index contributed by atoms with van der Waals surface area (Å²) in [4.78, 5) is 4.82. The van der Waals surface area contributed by atoms with E-state index >= 15 is 0 Å². The standard InChI is InChI=1S/C17H17N3/c1-20-16-9-6-13(11-4-7-14(18)8-5-11)10-15(16)19-17(20)12-2-3-12/h4-10,12H,2-3,18H2,1H3. The lowest BCUT2D eigenvalue weighted by Gasteiger charge is -2.03. The van der Waals surface area contributed by atoms with Gasteiger partial charge in [0, 0.05) is 18.7 Å². The predicted molar refractivity (Wildman–Crippen MR) is 82.5 cm³/mol. The van der Waals surface area contributed by atoms with Crippen molar-refractivity contribution in [2.24, 2.45) is 7.05 Å². The summed E-state index contributed by atoms with van der Waals surface area (Å²) in [5.74, 6) is 1.90. The van der Waals surface area contributed by atoms with Crippen LogP contribution in [0.5, 0.6) is 0 Å². The van der Waals surface area contributed by atoms with Gasteiger partial charge in [0.1, 0.15) is 5.82 Å². The van der Waals surface area contributed by atoms with Crippen molar-refractivity contribution in [1.29, 1.82) is 0 Å². The Morgan fingerprint density at radius 2 is 1.75 bits per heavy atom. The molecule has 20 heavy (non-hydrogen) atoms. The van der Waals surface area contributed by atoms with Crippen LogP contribution in [-0.4, -0.2) is 9.55 Å². The third kappa shape index (κ3) is 1.78. The fourth-order valence-corrected chi connectivity index (χ4v) is 2.78. The third-order valence-corrected chi connectivity index (χ3v) is 4.10. The fourth-order valence-electron chi connectivity index (χ4n) is 2.78. The highest BCUT2D eigenvalue weighted by Gasteiger charge is 2.28. The van der Waals surface area contributed by atoms with E-state index in [9.17, 15) is 0 Å². The van der Waals surface area contributed by atoms with Gasteiger partial charge < -0.3 is 10.3 Å². The molecule has 0 atom stereocenters. The molecule has 2 N–H and O–H groups in total. The van der Waals surface area contributed by atoms with Gasteiger partial charge in [-0.1, -0.05) is 18.2 Å². The fraction of sp³-hybridized carbons (Fsp3) is 0.235. The zero-order valence-corrected chi connectivity index (χ0v) is 11.5. The maximum Gasteiger partial charge on any atom is 0.112 e. The molecule has 1 heterocycles. The number of anilines is 1. The summed E-state index contributed by atoms with van der Waals surface area (Å²) in [5.41, 5.74) is 11.2. The molecule has 3 aromatic rings. The van der Waals surface area contributed by atoms with Crippen molar-refractivity contribution in [2.75, 3.05) is 5.73 Å². The Morgan fingerprint density at radius 3 is 2.45 bits per heavy atom. The molecule has 2 aromatic carbocycles. The molecule has 3 nitrogen and oxygen atoms in total. The van der Waals surface area contributed by atoms with Crippen molar-refractivity contribution in [2.45, 2.75) is 18.8 Å². The second kappa shape index (κ2) is 4.10. The smallest absolute Gasteiger partial charge is 0.112 e. The Bertz CT molecular complexity index is 780. The van der Waals surface area contributed by atoms with E-state index in [0.29, 0.717) is 5.92 Å². The minimum Gasteiger partial charge on any atom is -0.399 e. The topological polar surface area (TPSA) is 43.8 Å². The van der Waals surface area contributed by atoms with Gasteiger partial charge >= 0.3 is 0 Å². The molecule has 1 aliphatic rings. The molecule has 1 fully saturated rings. The predicted octanol–water partition coefficient (Wildman–Crippen LogP) is 3.70. The van der Waals surface area contributed by atoms with Gasteiger partial charge in [0.2, 0.25) is 0 Å². The Hall–Kier alpha value is -2.29. The van der Waals surface area contributed by atoms with E-state index in [0.717, 1.165) is 11.2 Å². The molecule has 0 unspecified atom stereocenters. The van der Waals surface area contributed by atoms with Crippen LogP contribution in [0.4, 0.5) is 5.69 Å². The lowest BCUT2D eigenvalue weighted by atomic mass is 10.0. The summed E-state index contributed by atoms with van der Waals surface area (Å²) in [6.07, 6.45) is 2.56. The molecule has 1 saturated carbocycles. The van der Waals surface area contributed by atoms with Crippen LogP contribution in [0.3, 0.4) is 0 Å². The van der Waals surface area contributed by atoms with E-state index in [4.69, 9.17) is 10.7 Å².